The number of nitrogens with zero attached hydrogens (tertiary/aromatic N) is 3. The molecular weight excluding hydrogens is 420 g/mol. The van der Waals surface area contributed by atoms with Crippen LogP contribution in [0.25, 0.3) is 10.2 Å². The van der Waals surface area contributed by atoms with Crippen LogP contribution < -0.4 is 10.6 Å². The Morgan fingerprint density at radius 2 is 1.83 bits per heavy atom. The van der Waals surface area contributed by atoms with E-state index in [0.29, 0.717) is 22.1 Å². The van der Waals surface area contributed by atoms with Gasteiger partial charge in [0.25, 0.3) is 5.91 Å². The highest BCUT2D eigenvalue weighted by molar-refractivity contribution is 7.20. The third kappa shape index (κ3) is 3.94. The number of carbonyl (C=O) groups excluding carboxylic acids is 2. The van der Waals surface area contributed by atoms with Gasteiger partial charge in [0.05, 0.1) is 17.1 Å². The summed E-state index contributed by atoms with van der Waals surface area (Å²) in [6, 6.07) is 18.5. The number of primary amides is 1. The van der Waals surface area contributed by atoms with Gasteiger partial charge in [-0.25, -0.2) is 0 Å². The molecule has 6 nitrogen and oxygen atoms in total. The van der Waals surface area contributed by atoms with Gasteiger partial charge in [-0.15, -0.1) is 11.3 Å². The number of para-hydroxylation sites is 1. The van der Waals surface area contributed by atoms with Crippen molar-refractivity contribution >= 4 is 50.7 Å². The van der Waals surface area contributed by atoms with E-state index in [9.17, 15) is 9.59 Å². The summed E-state index contributed by atoms with van der Waals surface area (Å²) in [4.78, 5) is 27.6. The summed E-state index contributed by atoms with van der Waals surface area (Å²) >= 11 is 7.65. The van der Waals surface area contributed by atoms with E-state index in [-0.39, 0.29) is 12.5 Å². The molecule has 4 rings (SSSR count). The van der Waals surface area contributed by atoms with Crippen molar-refractivity contribution in [2.75, 3.05) is 11.4 Å². The zero-order valence-corrected chi connectivity index (χ0v) is 17.8. The highest BCUT2D eigenvalue weighted by Crippen LogP contribution is 2.31. The van der Waals surface area contributed by atoms with Crippen LogP contribution in [-0.4, -0.2) is 28.1 Å². The molecule has 2 aromatic carbocycles. The Morgan fingerprint density at radius 3 is 2.53 bits per heavy atom. The molecule has 8 heteroatoms. The summed E-state index contributed by atoms with van der Waals surface area (Å²) in [5.41, 5.74) is 7.79. The molecule has 0 unspecified atom stereocenters. The van der Waals surface area contributed by atoms with Crippen molar-refractivity contribution in [3.05, 3.63) is 81.8 Å². The molecule has 2 aromatic heterocycles. The lowest BCUT2D eigenvalue weighted by molar-refractivity contribution is -0.116. The van der Waals surface area contributed by atoms with Crippen molar-refractivity contribution < 1.29 is 9.59 Å². The van der Waals surface area contributed by atoms with Gasteiger partial charge in [0.2, 0.25) is 5.91 Å². The maximum atomic E-state index is 13.3. The second kappa shape index (κ2) is 8.30. The average Bonchev–Trinajstić information content (AvgIpc) is 3.29. The van der Waals surface area contributed by atoms with E-state index in [0.717, 1.165) is 21.5 Å². The van der Waals surface area contributed by atoms with Crippen molar-refractivity contribution in [2.24, 2.45) is 5.73 Å². The molecule has 0 saturated carbocycles. The van der Waals surface area contributed by atoms with E-state index in [1.54, 1.807) is 12.1 Å². The molecular formula is C22H19ClN4O2S. The Hall–Kier alpha value is -3.16. The number of nitrogens with two attached hydrogens (primary N) is 1. The molecule has 0 aliphatic carbocycles. The third-order valence-corrected chi connectivity index (χ3v) is 6.23. The van der Waals surface area contributed by atoms with Crippen LogP contribution in [0, 0.1) is 6.92 Å². The molecule has 0 atom stereocenters. The summed E-state index contributed by atoms with van der Waals surface area (Å²) in [5, 5.41) is 6.18. The topological polar surface area (TPSA) is 81.2 Å². The monoisotopic (exact) mass is 438 g/mol. The van der Waals surface area contributed by atoms with E-state index in [4.69, 9.17) is 17.3 Å². The lowest BCUT2D eigenvalue weighted by Crippen LogP contribution is -2.38. The molecule has 30 heavy (non-hydrogen) atoms. The van der Waals surface area contributed by atoms with Gasteiger partial charge in [-0.05, 0) is 36.8 Å². The Bertz CT molecular complexity index is 1230. The number of thiophene rings is 1. The number of aromatic nitrogens is 2. The summed E-state index contributed by atoms with van der Waals surface area (Å²) in [5.74, 6) is -0.848. The van der Waals surface area contributed by atoms with Crippen LogP contribution in [0.4, 0.5) is 5.69 Å². The second-order valence-corrected chi connectivity index (χ2v) is 8.29. The van der Waals surface area contributed by atoms with E-state index < -0.39 is 5.91 Å². The third-order valence-electron chi connectivity index (χ3n) is 4.72. The van der Waals surface area contributed by atoms with Crippen molar-refractivity contribution in [3.8, 4) is 0 Å². The number of hydrogen-bond acceptors (Lipinski definition) is 4. The lowest BCUT2D eigenvalue weighted by Gasteiger charge is -2.20. The molecule has 2 amide bonds. The van der Waals surface area contributed by atoms with Gasteiger partial charge in [0, 0.05) is 16.1 Å². The van der Waals surface area contributed by atoms with Crippen LogP contribution in [0.1, 0.15) is 20.9 Å². The number of carbonyl (C=O) groups is 2. The average molecular weight is 439 g/mol. The molecule has 4 aromatic rings. The highest BCUT2D eigenvalue weighted by atomic mass is 35.5. The zero-order valence-electron chi connectivity index (χ0n) is 16.2. The predicted octanol–water partition coefficient (Wildman–Crippen LogP) is 4.24. The first kappa shape index (κ1) is 20.1. The molecule has 0 aliphatic rings. The van der Waals surface area contributed by atoms with E-state index in [1.165, 1.54) is 16.2 Å². The molecule has 0 aliphatic heterocycles. The van der Waals surface area contributed by atoms with Gasteiger partial charge in [-0.2, -0.15) is 5.10 Å². The van der Waals surface area contributed by atoms with Crippen LogP contribution >= 0.6 is 22.9 Å². The van der Waals surface area contributed by atoms with E-state index >= 15 is 0 Å². The van der Waals surface area contributed by atoms with Crippen molar-refractivity contribution in [3.63, 3.8) is 0 Å². The van der Waals surface area contributed by atoms with Gasteiger partial charge >= 0.3 is 0 Å². The molecule has 0 bridgehead atoms. The number of hydrogen-bond donors (Lipinski definition) is 1. The second-order valence-electron chi connectivity index (χ2n) is 6.86. The Kier molecular flexibility index (Phi) is 5.57. The fourth-order valence-corrected chi connectivity index (χ4v) is 4.60. The molecule has 0 saturated heterocycles. The van der Waals surface area contributed by atoms with Crippen molar-refractivity contribution in [1.29, 1.82) is 0 Å². The Labute approximate surface area is 182 Å². The fraction of sp³-hybridized carbons (Fsp3) is 0.136. The molecule has 0 fully saturated rings. The summed E-state index contributed by atoms with van der Waals surface area (Å²) in [6.45, 7) is 2.22. The number of benzene rings is 2. The summed E-state index contributed by atoms with van der Waals surface area (Å²) in [6.07, 6.45) is 0. The first-order chi connectivity index (χ1) is 14.4. The molecule has 0 spiro atoms. The van der Waals surface area contributed by atoms with Crippen LogP contribution in [0.3, 0.4) is 0 Å². The molecule has 152 valence electrons. The molecule has 0 radical (unpaired) electrons. The highest BCUT2D eigenvalue weighted by Gasteiger charge is 2.23. The van der Waals surface area contributed by atoms with E-state index in [1.807, 2.05) is 60.1 Å². The summed E-state index contributed by atoms with van der Waals surface area (Å²) < 4.78 is 1.86. The summed E-state index contributed by atoms with van der Waals surface area (Å²) in [7, 11) is 0. The van der Waals surface area contributed by atoms with Gasteiger partial charge < -0.3 is 5.73 Å². The largest absolute Gasteiger partial charge is 0.368 e. The maximum Gasteiger partial charge on any atom is 0.268 e. The number of anilines is 1. The predicted molar refractivity (Wildman–Crippen MR) is 120 cm³/mol. The van der Waals surface area contributed by atoms with Crippen LogP contribution in [0.2, 0.25) is 5.02 Å². The smallest absolute Gasteiger partial charge is 0.268 e. The fourth-order valence-electron chi connectivity index (χ4n) is 3.29. The first-order valence-electron chi connectivity index (χ1n) is 9.29. The number of halogens is 1. The molecule has 2 heterocycles. The minimum Gasteiger partial charge on any atom is -0.368 e. The van der Waals surface area contributed by atoms with Crippen LogP contribution in [0.15, 0.2) is 60.7 Å². The Morgan fingerprint density at radius 1 is 1.13 bits per heavy atom. The standard InChI is InChI=1S/C22H19ClN4O2S/c1-14-17-11-19(21(29)26(13-20(24)28)16-8-3-2-4-9-16)30-22(17)27(25-14)12-15-7-5-6-10-18(15)23/h2-11H,12-13H2,1H3,(H2,24,28). The van der Waals surface area contributed by atoms with Crippen molar-refractivity contribution in [2.45, 2.75) is 13.5 Å². The number of rotatable bonds is 6. The van der Waals surface area contributed by atoms with E-state index in [2.05, 4.69) is 5.10 Å². The van der Waals surface area contributed by atoms with Gasteiger partial charge in [0.15, 0.2) is 0 Å². The SMILES string of the molecule is Cc1nn(Cc2ccccc2Cl)c2sc(C(=O)N(CC(N)=O)c3ccccc3)cc12. The van der Waals surface area contributed by atoms with Crippen LogP contribution in [-0.2, 0) is 11.3 Å². The number of aryl methyl sites for hydroxylation is 1. The minimum absolute atomic E-state index is 0.193. The van der Waals surface area contributed by atoms with Gasteiger partial charge in [-0.1, -0.05) is 48.0 Å². The maximum absolute atomic E-state index is 13.3. The molecule has 2 N–H and O–H groups in total. The Balaban J connectivity index is 1.71. The normalized spacial score (nSPS) is 11.0. The van der Waals surface area contributed by atoms with Gasteiger partial charge in [-0.3, -0.25) is 19.2 Å². The quantitative estimate of drug-likeness (QED) is 0.488. The lowest BCUT2D eigenvalue weighted by atomic mass is 10.2. The number of amides is 2. The van der Waals surface area contributed by atoms with Crippen molar-refractivity contribution in [1.82, 2.24) is 9.78 Å². The zero-order chi connectivity index (χ0) is 21.3. The first-order valence-corrected chi connectivity index (χ1v) is 10.5. The van der Waals surface area contributed by atoms with Gasteiger partial charge in [0.1, 0.15) is 11.4 Å². The minimum atomic E-state index is -0.575. The van der Waals surface area contributed by atoms with Crippen LogP contribution in [0.5, 0.6) is 0 Å². The number of fused-ring (bicyclic) bond motifs is 1.